The molecular weight excluding hydrogens is 452 g/mol. The average molecular weight is 493 g/mol. The highest BCUT2D eigenvalue weighted by Crippen LogP contribution is 2.22. The molecule has 0 saturated carbocycles. The highest BCUT2D eigenvalue weighted by Gasteiger charge is 2.14. The van der Waals surface area contributed by atoms with Gasteiger partial charge in [0.1, 0.15) is 5.82 Å². The molecule has 0 aliphatic carbocycles. The highest BCUT2D eigenvalue weighted by molar-refractivity contribution is 5.91. The van der Waals surface area contributed by atoms with Gasteiger partial charge in [0, 0.05) is 31.9 Å². The number of carbonyl (C=O) groups is 2. The van der Waals surface area contributed by atoms with Gasteiger partial charge in [-0.3, -0.25) is 19.5 Å². The molecule has 0 unspecified atom stereocenters. The van der Waals surface area contributed by atoms with Crippen molar-refractivity contribution in [2.24, 2.45) is 0 Å². The Morgan fingerprint density at radius 1 is 1.22 bits per heavy atom. The van der Waals surface area contributed by atoms with Crippen LogP contribution in [0.1, 0.15) is 56.5 Å². The van der Waals surface area contributed by atoms with Crippen molar-refractivity contribution in [3.05, 3.63) is 59.6 Å². The van der Waals surface area contributed by atoms with Gasteiger partial charge >= 0.3 is 0 Å². The van der Waals surface area contributed by atoms with E-state index in [0.29, 0.717) is 6.54 Å². The summed E-state index contributed by atoms with van der Waals surface area (Å²) in [5.74, 6) is 0.519. The summed E-state index contributed by atoms with van der Waals surface area (Å²) >= 11 is 0. The van der Waals surface area contributed by atoms with E-state index in [1.807, 2.05) is 18.2 Å². The zero-order valence-corrected chi connectivity index (χ0v) is 22.1. The molecule has 36 heavy (non-hydrogen) atoms. The molecule has 8 nitrogen and oxygen atoms in total. The van der Waals surface area contributed by atoms with Crippen LogP contribution < -0.4 is 10.6 Å². The summed E-state index contributed by atoms with van der Waals surface area (Å²) < 4.78 is 0. The van der Waals surface area contributed by atoms with Gasteiger partial charge < -0.3 is 15.5 Å². The van der Waals surface area contributed by atoms with Gasteiger partial charge in [0.15, 0.2) is 0 Å². The van der Waals surface area contributed by atoms with Crippen LogP contribution in [-0.2, 0) is 22.4 Å². The number of hydrogen-bond donors (Lipinski definition) is 2. The molecule has 1 atom stereocenters. The number of nitrogens with zero attached hydrogens (tertiary/aromatic N) is 4. The number of likely N-dealkylation sites (tertiary alicyclic amines) is 1. The summed E-state index contributed by atoms with van der Waals surface area (Å²) in [4.78, 5) is 37.7. The first-order valence-corrected chi connectivity index (χ1v) is 13.0. The van der Waals surface area contributed by atoms with Crippen molar-refractivity contribution in [3.8, 4) is 0 Å². The van der Waals surface area contributed by atoms with Crippen molar-refractivity contribution < 1.29 is 9.59 Å². The maximum absolute atomic E-state index is 12.4. The van der Waals surface area contributed by atoms with E-state index in [0.717, 1.165) is 67.4 Å². The van der Waals surface area contributed by atoms with Gasteiger partial charge in [-0.25, -0.2) is 4.98 Å². The molecule has 2 aromatic rings. The van der Waals surface area contributed by atoms with Crippen molar-refractivity contribution in [3.63, 3.8) is 0 Å². The number of aromatic nitrogens is 2. The number of amides is 2. The van der Waals surface area contributed by atoms with Gasteiger partial charge in [0.05, 0.1) is 24.1 Å². The molecular formula is C28H40N6O2. The zero-order valence-electron chi connectivity index (χ0n) is 22.1. The van der Waals surface area contributed by atoms with Crippen LogP contribution in [0.2, 0.25) is 0 Å². The van der Waals surface area contributed by atoms with Crippen LogP contribution in [0.4, 0.5) is 11.5 Å². The molecule has 2 heterocycles. The predicted molar refractivity (Wildman–Crippen MR) is 144 cm³/mol. The molecule has 1 fully saturated rings. The second kappa shape index (κ2) is 13.7. The lowest BCUT2D eigenvalue weighted by molar-refractivity contribution is -0.131. The fourth-order valence-electron chi connectivity index (χ4n) is 4.04. The van der Waals surface area contributed by atoms with E-state index in [1.165, 1.54) is 11.3 Å². The first kappa shape index (κ1) is 27.3. The Bertz CT molecular complexity index is 1050. The number of nitrogens with one attached hydrogen (secondary N) is 2. The molecule has 3 rings (SSSR count). The minimum absolute atomic E-state index is 0.0354. The van der Waals surface area contributed by atoms with Crippen molar-refractivity contribution in [2.75, 3.05) is 45.1 Å². The van der Waals surface area contributed by atoms with Crippen LogP contribution in [0.25, 0.3) is 0 Å². The second-order valence-corrected chi connectivity index (χ2v) is 9.46. The summed E-state index contributed by atoms with van der Waals surface area (Å²) in [6.45, 7) is 9.81. The molecule has 0 bridgehead atoms. The molecule has 2 amide bonds. The van der Waals surface area contributed by atoms with Crippen molar-refractivity contribution >= 4 is 23.3 Å². The highest BCUT2D eigenvalue weighted by atomic mass is 16.2. The topological polar surface area (TPSA) is 90.5 Å². The van der Waals surface area contributed by atoms with Gasteiger partial charge in [0.25, 0.3) is 0 Å². The largest absolute Gasteiger partial charge is 0.354 e. The monoisotopic (exact) mass is 492 g/mol. The van der Waals surface area contributed by atoms with Gasteiger partial charge in [0.2, 0.25) is 11.8 Å². The van der Waals surface area contributed by atoms with Gasteiger partial charge in [-0.2, -0.15) is 0 Å². The first-order chi connectivity index (χ1) is 17.4. The minimum Gasteiger partial charge on any atom is -0.354 e. The lowest BCUT2D eigenvalue weighted by Crippen LogP contribution is -2.39. The van der Waals surface area contributed by atoms with E-state index >= 15 is 0 Å². The molecule has 8 heteroatoms. The number of aryl methyl sites for hydroxylation is 2. The smallest absolute Gasteiger partial charge is 0.246 e. The molecule has 1 aromatic carbocycles. The van der Waals surface area contributed by atoms with Crippen LogP contribution in [0.3, 0.4) is 0 Å². The SMILES string of the molecule is CCCc1nc(Nc2cccc([C@@H](C)CNC(=O)CN(C)C(=O)/C=C/CN3CCC3)c2)cnc1CC. The zero-order chi connectivity index (χ0) is 25.9. The van der Waals surface area contributed by atoms with E-state index in [-0.39, 0.29) is 24.3 Å². The van der Waals surface area contributed by atoms with Crippen molar-refractivity contribution in [1.29, 1.82) is 0 Å². The molecule has 0 radical (unpaired) electrons. The van der Waals surface area contributed by atoms with Crippen LogP contribution in [0, 0.1) is 0 Å². The maximum Gasteiger partial charge on any atom is 0.246 e. The number of benzene rings is 1. The summed E-state index contributed by atoms with van der Waals surface area (Å²) in [5.41, 5.74) is 4.13. The Hall–Kier alpha value is -3.26. The number of rotatable bonds is 13. The van der Waals surface area contributed by atoms with Crippen molar-refractivity contribution in [1.82, 2.24) is 25.1 Å². The fraction of sp³-hybridized carbons (Fsp3) is 0.500. The molecule has 1 aliphatic rings. The standard InChI is InChI=1S/C28H40N6O2/c1-5-10-25-24(6-2)29-19-26(32-25)31-23-12-7-11-22(17-23)21(3)18-30-27(35)20-33(4)28(36)13-8-14-34-15-9-16-34/h7-8,11-13,17,19,21H,5-6,9-10,14-16,18,20H2,1-4H3,(H,30,35)(H,31,32)/b13-8+/t21-/m0/s1. The maximum atomic E-state index is 12.4. The predicted octanol–water partition coefficient (Wildman–Crippen LogP) is 3.68. The Labute approximate surface area is 215 Å². The Morgan fingerprint density at radius 2 is 2.03 bits per heavy atom. The van der Waals surface area contributed by atoms with Gasteiger partial charge in [-0.1, -0.05) is 45.4 Å². The molecule has 1 aliphatic heterocycles. The molecule has 1 aromatic heterocycles. The molecule has 2 N–H and O–H groups in total. The third kappa shape index (κ3) is 8.16. The number of anilines is 2. The first-order valence-electron chi connectivity index (χ1n) is 13.0. The van der Waals surface area contributed by atoms with E-state index in [9.17, 15) is 9.59 Å². The van der Waals surface area contributed by atoms with Crippen molar-refractivity contribution in [2.45, 2.75) is 52.4 Å². The van der Waals surface area contributed by atoms with E-state index in [2.05, 4.69) is 53.4 Å². The summed E-state index contributed by atoms with van der Waals surface area (Å²) in [6.07, 6.45) is 9.25. The third-order valence-electron chi connectivity index (χ3n) is 6.42. The average Bonchev–Trinajstić information content (AvgIpc) is 2.84. The molecule has 1 saturated heterocycles. The number of likely N-dealkylation sites (N-methyl/N-ethyl adjacent to an activating group) is 1. The summed E-state index contributed by atoms with van der Waals surface area (Å²) in [7, 11) is 1.65. The second-order valence-electron chi connectivity index (χ2n) is 9.46. The van der Waals surface area contributed by atoms with Gasteiger partial charge in [-0.15, -0.1) is 0 Å². The minimum atomic E-state index is -0.169. The van der Waals surface area contributed by atoms with Crippen LogP contribution >= 0.6 is 0 Å². The molecule has 194 valence electrons. The van der Waals surface area contributed by atoms with E-state index in [1.54, 1.807) is 19.3 Å². The normalized spacial score (nSPS) is 14.3. The Kier molecular flexibility index (Phi) is 10.4. The lowest BCUT2D eigenvalue weighted by Gasteiger charge is -2.29. The Balaban J connectivity index is 1.49. The van der Waals surface area contributed by atoms with Crippen LogP contribution in [-0.4, -0.2) is 71.4 Å². The number of carbonyl (C=O) groups excluding carboxylic acids is 2. The molecule has 0 spiro atoms. The fourth-order valence-corrected chi connectivity index (χ4v) is 4.04. The van der Waals surface area contributed by atoms with Crippen LogP contribution in [0.5, 0.6) is 0 Å². The van der Waals surface area contributed by atoms with E-state index < -0.39 is 0 Å². The summed E-state index contributed by atoms with van der Waals surface area (Å²) in [6, 6.07) is 8.12. The third-order valence-corrected chi connectivity index (χ3v) is 6.42. The summed E-state index contributed by atoms with van der Waals surface area (Å²) in [5, 5.41) is 6.32. The van der Waals surface area contributed by atoms with Gasteiger partial charge in [-0.05, 0) is 56.0 Å². The van der Waals surface area contributed by atoms with E-state index in [4.69, 9.17) is 4.98 Å². The number of hydrogen-bond acceptors (Lipinski definition) is 6. The van der Waals surface area contributed by atoms with Crippen LogP contribution in [0.15, 0.2) is 42.6 Å². The quantitative estimate of drug-likeness (QED) is 0.415. The Morgan fingerprint density at radius 3 is 2.72 bits per heavy atom. The lowest BCUT2D eigenvalue weighted by atomic mass is 10.0.